The summed E-state index contributed by atoms with van der Waals surface area (Å²) in [6, 6.07) is 4.77. The fourth-order valence-corrected chi connectivity index (χ4v) is 2.91. The van der Waals surface area contributed by atoms with Crippen LogP contribution < -0.4 is 5.32 Å². The molecular formula is C14H18Cl2N2. The molecule has 0 aromatic heterocycles. The van der Waals surface area contributed by atoms with E-state index >= 15 is 0 Å². The van der Waals surface area contributed by atoms with Crippen LogP contribution in [0.15, 0.2) is 17.1 Å². The minimum atomic E-state index is 0. The Kier molecular flexibility index (Phi) is 4.18. The van der Waals surface area contributed by atoms with Crippen LogP contribution in [0.5, 0.6) is 0 Å². The molecule has 3 rings (SSSR count). The Labute approximate surface area is 119 Å². The normalized spacial score (nSPS) is 21.2. The van der Waals surface area contributed by atoms with Crippen LogP contribution in [0.2, 0.25) is 5.02 Å². The molecule has 1 atom stereocenters. The molecule has 1 aromatic carbocycles. The quantitative estimate of drug-likeness (QED) is 0.819. The first-order valence-electron chi connectivity index (χ1n) is 6.37. The highest BCUT2D eigenvalue weighted by Crippen LogP contribution is 2.32. The standard InChI is InChI=1S/C14H17ClN2.ClH/c1-9-5-6-14(16-9)17-13-8-11-4-2-3-10(11)7-12(13)15;/h7-9H,2-6H2,1H3,(H,16,17);1H. The zero-order chi connectivity index (χ0) is 11.8. The molecule has 0 amide bonds. The van der Waals surface area contributed by atoms with E-state index in [4.69, 9.17) is 11.6 Å². The van der Waals surface area contributed by atoms with Crippen LogP contribution in [0, 0.1) is 0 Å². The van der Waals surface area contributed by atoms with Crippen LogP contribution in [-0.4, -0.2) is 11.9 Å². The van der Waals surface area contributed by atoms with Crippen molar-refractivity contribution in [3.05, 3.63) is 28.3 Å². The fourth-order valence-electron chi connectivity index (χ4n) is 2.68. The lowest BCUT2D eigenvalue weighted by Crippen LogP contribution is -2.09. The summed E-state index contributed by atoms with van der Waals surface area (Å²) in [6.45, 7) is 2.15. The first-order valence-corrected chi connectivity index (χ1v) is 6.75. The van der Waals surface area contributed by atoms with Crippen LogP contribution in [0.3, 0.4) is 0 Å². The smallest absolute Gasteiger partial charge is 0.101 e. The Balaban J connectivity index is 0.00000120. The van der Waals surface area contributed by atoms with E-state index in [1.54, 1.807) is 0 Å². The summed E-state index contributed by atoms with van der Waals surface area (Å²) in [5, 5.41) is 4.21. The minimum Gasteiger partial charge on any atom is -0.343 e. The van der Waals surface area contributed by atoms with Gasteiger partial charge in [-0.1, -0.05) is 11.6 Å². The molecule has 2 aliphatic rings. The highest BCUT2D eigenvalue weighted by atomic mass is 35.5. The van der Waals surface area contributed by atoms with Crippen LogP contribution >= 0.6 is 24.0 Å². The van der Waals surface area contributed by atoms with E-state index in [0.29, 0.717) is 6.04 Å². The van der Waals surface area contributed by atoms with Gasteiger partial charge in [0.1, 0.15) is 5.84 Å². The van der Waals surface area contributed by atoms with E-state index < -0.39 is 0 Å². The van der Waals surface area contributed by atoms with Gasteiger partial charge in [-0.2, -0.15) is 0 Å². The molecule has 1 unspecified atom stereocenters. The summed E-state index contributed by atoms with van der Waals surface area (Å²) in [4.78, 5) is 4.57. The monoisotopic (exact) mass is 284 g/mol. The van der Waals surface area contributed by atoms with Crippen molar-refractivity contribution in [2.45, 2.75) is 45.1 Å². The molecule has 0 radical (unpaired) electrons. The van der Waals surface area contributed by atoms with Crippen molar-refractivity contribution in [3.63, 3.8) is 0 Å². The molecule has 0 spiro atoms. The van der Waals surface area contributed by atoms with Gasteiger partial charge in [-0.3, -0.25) is 4.99 Å². The fraction of sp³-hybridized carbons (Fsp3) is 0.500. The molecule has 0 saturated heterocycles. The first-order chi connectivity index (χ1) is 8.22. The SMILES string of the molecule is CC1CCC(Nc2cc3c(cc2Cl)CCC3)=N1.Cl. The summed E-state index contributed by atoms with van der Waals surface area (Å²) in [5.74, 6) is 1.08. The molecule has 0 bridgehead atoms. The van der Waals surface area contributed by atoms with E-state index in [-0.39, 0.29) is 12.4 Å². The number of nitrogens with one attached hydrogen (secondary N) is 1. The molecule has 4 heteroatoms. The predicted molar refractivity (Wildman–Crippen MR) is 80.5 cm³/mol. The van der Waals surface area contributed by atoms with Crippen LogP contribution in [-0.2, 0) is 12.8 Å². The Morgan fingerprint density at radius 3 is 2.61 bits per heavy atom. The lowest BCUT2D eigenvalue weighted by molar-refractivity contribution is 0.739. The molecule has 1 aliphatic heterocycles. The van der Waals surface area contributed by atoms with E-state index in [1.807, 2.05) is 0 Å². The second-order valence-corrected chi connectivity index (χ2v) is 5.45. The van der Waals surface area contributed by atoms with Gasteiger partial charge < -0.3 is 5.32 Å². The number of aliphatic imine (C=N–C) groups is 1. The summed E-state index contributed by atoms with van der Waals surface area (Å²) < 4.78 is 0. The molecule has 1 heterocycles. The third kappa shape index (κ3) is 2.65. The van der Waals surface area contributed by atoms with Crippen LogP contribution in [0.25, 0.3) is 0 Å². The van der Waals surface area contributed by atoms with Gasteiger partial charge in [0.25, 0.3) is 0 Å². The second kappa shape index (κ2) is 5.50. The Hall–Kier alpha value is -0.730. The third-order valence-electron chi connectivity index (χ3n) is 3.64. The molecule has 1 N–H and O–H groups in total. The van der Waals surface area contributed by atoms with Gasteiger partial charge in [0.2, 0.25) is 0 Å². The van der Waals surface area contributed by atoms with Crippen molar-refractivity contribution in [1.29, 1.82) is 0 Å². The van der Waals surface area contributed by atoms with Crippen molar-refractivity contribution >= 4 is 35.5 Å². The number of benzene rings is 1. The van der Waals surface area contributed by atoms with Gasteiger partial charge in [0.05, 0.1) is 10.7 Å². The van der Waals surface area contributed by atoms with E-state index in [0.717, 1.165) is 29.4 Å². The second-order valence-electron chi connectivity index (χ2n) is 5.04. The van der Waals surface area contributed by atoms with Crippen molar-refractivity contribution < 1.29 is 0 Å². The summed E-state index contributed by atoms with van der Waals surface area (Å²) in [5.41, 5.74) is 3.89. The number of hydrogen-bond acceptors (Lipinski definition) is 2. The van der Waals surface area contributed by atoms with Gasteiger partial charge in [-0.15, -0.1) is 12.4 Å². The minimum absolute atomic E-state index is 0. The van der Waals surface area contributed by atoms with E-state index in [9.17, 15) is 0 Å². The molecule has 1 aliphatic carbocycles. The molecule has 1 aromatic rings. The number of anilines is 1. The number of aryl methyl sites for hydroxylation is 2. The maximum Gasteiger partial charge on any atom is 0.101 e. The van der Waals surface area contributed by atoms with Gasteiger partial charge in [-0.05, 0) is 55.9 Å². The Morgan fingerprint density at radius 2 is 1.94 bits per heavy atom. The topological polar surface area (TPSA) is 24.4 Å². The van der Waals surface area contributed by atoms with Gasteiger partial charge in [-0.25, -0.2) is 0 Å². The first kappa shape index (κ1) is 13.7. The van der Waals surface area contributed by atoms with Crippen molar-refractivity contribution in [1.82, 2.24) is 0 Å². The van der Waals surface area contributed by atoms with Crippen molar-refractivity contribution in [2.75, 3.05) is 5.32 Å². The predicted octanol–water partition coefficient (Wildman–Crippen LogP) is 4.24. The van der Waals surface area contributed by atoms with Crippen LogP contribution in [0.1, 0.15) is 37.3 Å². The number of hydrogen-bond donors (Lipinski definition) is 1. The molecular weight excluding hydrogens is 267 g/mol. The Morgan fingerprint density at radius 1 is 1.22 bits per heavy atom. The number of rotatable bonds is 1. The maximum absolute atomic E-state index is 6.31. The zero-order valence-corrected chi connectivity index (χ0v) is 12.1. The number of nitrogens with zero attached hydrogens (tertiary/aromatic N) is 1. The molecule has 2 nitrogen and oxygen atoms in total. The highest BCUT2D eigenvalue weighted by Gasteiger charge is 2.17. The third-order valence-corrected chi connectivity index (χ3v) is 3.95. The lowest BCUT2D eigenvalue weighted by Gasteiger charge is -2.10. The van der Waals surface area contributed by atoms with Gasteiger partial charge >= 0.3 is 0 Å². The van der Waals surface area contributed by atoms with Crippen LogP contribution in [0.4, 0.5) is 5.69 Å². The Bertz CT molecular complexity index is 483. The zero-order valence-electron chi connectivity index (χ0n) is 10.5. The average Bonchev–Trinajstić information content (AvgIpc) is 2.88. The molecule has 18 heavy (non-hydrogen) atoms. The summed E-state index contributed by atoms with van der Waals surface area (Å²) in [6.07, 6.45) is 5.80. The average molecular weight is 285 g/mol. The van der Waals surface area contributed by atoms with Gasteiger partial charge in [0.15, 0.2) is 0 Å². The summed E-state index contributed by atoms with van der Waals surface area (Å²) in [7, 11) is 0. The van der Waals surface area contributed by atoms with E-state index in [2.05, 4.69) is 29.4 Å². The summed E-state index contributed by atoms with van der Waals surface area (Å²) >= 11 is 6.31. The molecule has 98 valence electrons. The van der Waals surface area contributed by atoms with E-state index in [1.165, 1.54) is 30.4 Å². The number of halogens is 2. The highest BCUT2D eigenvalue weighted by molar-refractivity contribution is 6.33. The van der Waals surface area contributed by atoms with Crippen molar-refractivity contribution in [3.8, 4) is 0 Å². The van der Waals surface area contributed by atoms with Crippen molar-refractivity contribution in [2.24, 2.45) is 4.99 Å². The maximum atomic E-state index is 6.31. The number of fused-ring (bicyclic) bond motifs is 1. The molecule has 0 fully saturated rings. The lowest BCUT2D eigenvalue weighted by atomic mass is 10.1. The molecule has 0 saturated carbocycles. The van der Waals surface area contributed by atoms with Gasteiger partial charge in [0, 0.05) is 12.5 Å². The number of amidine groups is 1. The largest absolute Gasteiger partial charge is 0.343 e.